The predicted molar refractivity (Wildman–Crippen MR) is 167 cm³/mol. The van der Waals surface area contributed by atoms with E-state index in [1.807, 2.05) is 74.5 Å². The molecule has 4 rings (SSSR count). The van der Waals surface area contributed by atoms with Crippen molar-refractivity contribution in [2.24, 2.45) is 0 Å². The van der Waals surface area contributed by atoms with Crippen molar-refractivity contribution in [3.05, 3.63) is 117 Å². The third kappa shape index (κ3) is 7.11. The van der Waals surface area contributed by atoms with Crippen LogP contribution >= 0.6 is 31.9 Å². The summed E-state index contributed by atoms with van der Waals surface area (Å²) in [5, 5.41) is 0. The molecule has 0 unspecified atom stereocenters. The first-order chi connectivity index (χ1) is 19.4. The smallest absolute Gasteiger partial charge is 0.258 e. The number of hydrogen-bond acceptors (Lipinski definition) is 4. The fourth-order valence-corrected chi connectivity index (χ4v) is 5.22. The topological polar surface area (TPSA) is 59.1 Å². The summed E-state index contributed by atoms with van der Waals surface area (Å²) in [5.74, 6) is 0.985. The first-order valence-corrected chi connectivity index (χ1v) is 14.6. The first kappa shape index (κ1) is 29.4. The molecule has 0 aliphatic carbocycles. The van der Waals surface area contributed by atoms with Gasteiger partial charge >= 0.3 is 0 Å². The summed E-state index contributed by atoms with van der Waals surface area (Å²) in [4.78, 5) is 31.1. The van der Waals surface area contributed by atoms with Crippen molar-refractivity contribution in [3.63, 3.8) is 0 Å². The van der Waals surface area contributed by atoms with E-state index >= 15 is 0 Å². The SMILES string of the molecule is CCOc1ccc(C(=O)N(CCN(C(=O)c2ccc(OCC)c(Br)c2)c2ccccc2)c2ccccc2)cc1Br. The van der Waals surface area contributed by atoms with Gasteiger partial charge in [-0.05, 0) is 106 Å². The van der Waals surface area contributed by atoms with Gasteiger partial charge in [0.1, 0.15) is 11.5 Å². The highest BCUT2D eigenvalue weighted by molar-refractivity contribution is 9.10. The van der Waals surface area contributed by atoms with Crippen LogP contribution in [0.4, 0.5) is 11.4 Å². The largest absolute Gasteiger partial charge is 0.493 e. The fraction of sp³-hybridized carbons (Fsp3) is 0.188. The van der Waals surface area contributed by atoms with Gasteiger partial charge in [0, 0.05) is 35.6 Å². The summed E-state index contributed by atoms with van der Waals surface area (Å²) in [6.07, 6.45) is 0. The molecule has 4 aromatic carbocycles. The second-order valence-corrected chi connectivity index (χ2v) is 10.4. The standard InChI is InChI=1S/C32H30Br2N2O4/c1-3-39-29-17-15-23(21-27(29)33)31(37)35(25-11-7-5-8-12-25)19-20-36(26-13-9-6-10-14-26)32(38)24-16-18-30(40-4-2)28(34)22-24/h5-18,21-22H,3-4,19-20H2,1-2H3. The maximum Gasteiger partial charge on any atom is 0.258 e. The van der Waals surface area contributed by atoms with Crippen LogP contribution < -0.4 is 19.3 Å². The highest BCUT2D eigenvalue weighted by atomic mass is 79.9. The number of para-hydroxylation sites is 2. The van der Waals surface area contributed by atoms with Gasteiger partial charge in [0.2, 0.25) is 0 Å². The van der Waals surface area contributed by atoms with Gasteiger partial charge in [0.25, 0.3) is 11.8 Å². The Balaban J connectivity index is 1.65. The maximum atomic E-state index is 13.8. The van der Waals surface area contributed by atoms with Gasteiger partial charge in [0.15, 0.2) is 0 Å². The minimum Gasteiger partial charge on any atom is -0.493 e. The van der Waals surface area contributed by atoms with Crippen LogP contribution in [0.3, 0.4) is 0 Å². The molecule has 0 aliphatic rings. The van der Waals surface area contributed by atoms with Crippen molar-refractivity contribution < 1.29 is 19.1 Å². The van der Waals surface area contributed by atoms with Gasteiger partial charge in [0.05, 0.1) is 22.2 Å². The maximum absolute atomic E-state index is 13.8. The predicted octanol–water partition coefficient (Wildman–Crippen LogP) is 8.00. The van der Waals surface area contributed by atoms with Crippen molar-refractivity contribution >= 4 is 55.0 Å². The lowest BCUT2D eigenvalue weighted by Crippen LogP contribution is -2.41. The van der Waals surface area contributed by atoms with Crippen LogP contribution in [0.1, 0.15) is 34.6 Å². The van der Waals surface area contributed by atoms with Crippen molar-refractivity contribution in [1.29, 1.82) is 0 Å². The molecular formula is C32H30Br2N2O4. The number of nitrogens with zero attached hydrogens (tertiary/aromatic N) is 2. The Morgan fingerprint density at radius 2 is 0.975 bits per heavy atom. The summed E-state index contributed by atoms with van der Waals surface area (Å²) in [6.45, 7) is 5.41. The van der Waals surface area contributed by atoms with Crippen molar-refractivity contribution in [2.75, 3.05) is 36.1 Å². The Labute approximate surface area is 251 Å². The Bertz CT molecular complexity index is 1340. The van der Waals surface area contributed by atoms with E-state index in [-0.39, 0.29) is 24.9 Å². The van der Waals surface area contributed by atoms with E-state index in [1.165, 1.54) is 0 Å². The van der Waals surface area contributed by atoms with Gasteiger partial charge in [-0.1, -0.05) is 36.4 Å². The quantitative estimate of drug-likeness (QED) is 0.163. The molecule has 6 nitrogen and oxygen atoms in total. The number of anilines is 2. The van der Waals surface area contributed by atoms with E-state index in [9.17, 15) is 9.59 Å². The van der Waals surface area contributed by atoms with Crippen molar-refractivity contribution in [2.45, 2.75) is 13.8 Å². The summed E-state index contributed by atoms with van der Waals surface area (Å²) in [5.41, 5.74) is 2.49. The van der Waals surface area contributed by atoms with Crippen molar-refractivity contribution in [1.82, 2.24) is 0 Å². The fourth-order valence-electron chi connectivity index (χ4n) is 4.24. The van der Waals surface area contributed by atoms with Crippen LogP contribution in [0.15, 0.2) is 106 Å². The van der Waals surface area contributed by atoms with Gasteiger partial charge < -0.3 is 19.3 Å². The third-order valence-corrected chi connectivity index (χ3v) is 7.37. The number of hydrogen-bond donors (Lipinski definition) is 0. The Kier molecular flexibility index (Phi) is 10.4. The average Bonchev–Trinajstić information content (AvgIpc) is 2.98. The monoisotopic (exact) mass is 664 g/mol. The second kappa shape index (κ2) is 14.1. The molecule has 0 atom stereocenters. The number of rotatable bonds is 11. The number of ether oxygens (including phenoxy) is 2. The highest BCUT2D eigenvalue weighted by Gasteiger charge is 2.24. The van der Waals surface area contributed by atoms with E-state index in [0.29, 0.717) is 44.8 Å². The molecule has 2 amide bonds. The molecule has 4 aromatic rings. The molecule has 206 valence electrons. The molecule has 0 aliphatic heterocycles. The molecule has 40 heavy (non-hydrogen) atoms. The number of carbonyl (C=O) groups excluding carboxylic acids is 2. The van der Waals surface area contributed by atoms with Gasteiger partial charge in [-0.25, -0.2) is 0 Å². The van der Waals surface area contributed by atoms with Crippen LogP contribution in [0.2, 0.25) is 0 Å². The number of amides is 2. The van der Waals surface area contributed by atoms with E-state index < -0.39 is 0 Å². The van der Waals surface area contributed by atoms with E-state index in [1.54, 1.807) is 46.2 Å². The van der Waals surface area contributed by atoms with Crippen LogP contribution in [0.25, 0.3) is 0 Å². The minimum atomic E-state index is -0.181. The zero-order valence-corrected chi connectivity index (χ0v) is 25.5. The summed E-state index contributed by atoms with van der Waals surface area (Å²) < 4.78 is 12.6. The molecule has 0 saturated carbocycles. The second-order valence-electron chi connectivity index (χ2n) is 8.74. The Morgan fingerprint density at radius 1 is 0.600 bits per heavy atom. The van der Waals surface area contributed by atoms with E-state index in [4.69, 9.17) is 9.47 Å². The van der Waals surface area contributed by atoms with Gasteiger partial charge in [-0.2, -0.15) is 0 Å². The van der Waals surface area contributed by atoms with Crippen LogP contribution in [0, 0.1) is 0 Å². The average molecular weight is 666 g/mol. The minimum absolute atomic E-state index is 0.181. The molecule has 8 heteroatoms. The van der Waals surface area contributed by atoms with Crippen LogP contribution in [-0.4, -0.2) is 38.1 Å². The Hall–Kier alpha value is -3.62. The van der Waals surface area contributed by atoms with E-state index in [0.717, 1.165) is 11.4 Å². The molecular weight excluding hydrogens is 636 g/mol. The lowest BCUT2D eigenvalue weighted by molar-refractivity contribution is 0.0968. The molecule has 0 fully saturated rings. The number of carbonyl (C=O) groups is 2. The summed E-state index contributed by atoms with van der Waals surface area (Å²) >= 11 is 7.04. The number of halogens is 2. The van der Waals surface area contributed by atoms with Crippen LogP contribution in [0.5, 0.6) is 11.5 Å². The molecule has 0 bridgehead atoms. The first-order valence-electron chi connectivity index (χ1n) is 13.0. The molecule has 0 spiro atoms. The molecule has 0 saturated heterocycles. The molecule has 0 heterocycles. The van der Waals surface area contributed by atoms with Crippen molar-refractivity contribution in [3.8, 4) is 11.5 Å². The molecule has 0 aromatic heterocycles. The summed E-state index contributed by atoms with van der Waals surface area (Å²) in [6, 6.07) is 29.5. The zero-order chi connectivity index (χ0) is 28.5. The third-order valence-electron chi connectivity index (χ3n) is 6.13. The Morgan fingerprint density at radius 3 is 1.30 bits per heavy atom. The molecule has 0 N–H and O–H groups in total. The number of benzene rings is 4. The van der Waals surface area contributed by atoms with Crippen LogP contribution in [-0.2, 0) is 0 Å². The lowest BCUT2D eigenvalue weighted by atomic mass is 10.1. The molecule has 0 radical (unpaired) electrons. The van der Waals surface area contributed by atoms with Gasteiger partial charge in [-0.3, -0.25) is 9.59 Å². The highest BCUT2D eigenvalue weighted by Crippen LogP contribution is 2.29. The zero-order valence-electron chi connectivity index (χ0n) is 22.3. The normalized spacial score (nSPS) is 10.6. The lowest BCUT2D eigenvalue weighted by Gasteiger charge is -2.29. The van der Waals surface area contributed by atoms with Gasteiger partial charge in [-0.15, -0.1) is 0 Å². The van der Waals surface area contributed by atoms with E-state index in [2.05, 4.69) is 31.9 Å². The summed E-state index contributed by atoms with van der Waals surface area (Å²) in [7, 11) is 0.